The van der Waals surface area contributed by atoms with E-state index in [4.69, 9.17) is 31.2 Å². The van der Waals surface area contributed by atoms with Gasteiger partial charge in [0, 0.05) is 38.5 Å². The maximum Gasteiger partial charge on any atom is 0.471 e. The lowest BCUT2D eigenvalue weighted by Crippen LogP contribution is -2.67. The van der Waals surface area contributed by atoms with E-state index in [0.717, 1.165) is 0 Å². The molecule has 4 heterocycles. The minimum absolute atomic E-state index is 0.00165. The summed E-state index contributed by atoms with van der Waals surface area (Å²) in [6, 6.07) is -4.04. The highest BCUT2D eigenvalue weighted by molar-refractivity contribution is 6.76. The number of fused-ring (bicyclic) bond motifs is 2. The Morgan fingerprint density at radius 1 is 0.556 bits per heavy atom. The highest BCUT2D eigenvalue weighted by atomic mass is 28.4. The van der Waals surface area contributed by atoms with Crippen LogP contribution in [0.1, 0.15) is 157 Å². The number of rotatable bonds is 21. The van der Waals surface area contributed by atoms with Crippen LogP contribution in [0.2, 0.25) is 109 Å². The zero-order chi connectivity index (χ0) is 83.2. The molecule has 24 nitrogen and oxygen atoms in total. The van der Waals surface area contributed by atoms with E-state index in [1.165, 1.54) is 9.80 Å². The molecule has 5 rings (SSSR count). The van der Waals surface area contributed by atoms with Crippen LogP contribution in [0.3, 0.4) is 0 Å². The molecule has 2 unspecified atom stereocenters. The molecule has 1 aromatic rings. The highest BCUT2D eigenvalue weighted by Crippen LogP contribution is 2.45. The summed E-state index contributed by atoms with van der Waals surface area (Å²) in [7, 11) is -17.7. The quantitative estimate of drug-likeness (QED) is 0.0445. The summed E-state index contributed by atoms with van der Waals surface area (Å²) in [6.45, 7) is 64.1. The van der Waals surface area contributed by atoms with Gasteiger partial charge in [-0.3, -0.25) is 38.4 Å². The number of alkyl halides is 3. The van der Waals surface area contributed by atoms with Crippen molar-refractivity contribution in [2.45, 2.75) is 346 Å². The number of hydrogen-bond donors (Lipinski definition) is 7. The lowest BCUT2D eigenvalue weighted by Gasteiger charge is -2.43. The number of benzene rings is 1. The van der Waals surface area contributed by atoms with Crippen LogP contribution in [0.4, 0.5) is 13.2 Å². The van der Waals surface area contributed by atoms with Crippen molar-refractivity contribution < 1.29 is 82.7 Å². The minimum atomic E-state index is -5.44. The molecule has 108 heavy (non-hydrogen) atoms. The molecular formula is C74H137BF3N9O15Si6. The fraction of sp³-hybridized carbons (Fsp3) is 0.811. The molecule has 0 aromatic heterocycles. The first-order valence-electron chi connectivity index (χ1n) is 38.5. The molecule has 0 aliphatic carbocycles. The van der Waals surface area contributed by atoms with Crippen LogP contribution in [0.5, 0.6) is 5.75 Å². The van der Waals surface area contributed by atoms with E-state index in [1.54, 1.807) is 26.1 Å². The third kappa shape index (κ3) is 23.7. The fourth-order valence-corrected chi connectivity index (χ4v) is 19.6. The topological polar surface area (TPSA) is 295 Å². The SMILES string of the molecule is CC(O[Si](C)(C)C(C)(C)C)[C@@H]1NC(=O)[C@H]([C@@H](Cc2ccc(O[Si](C)(C)C(C)(C)C)cc2)O[Si](C)(C)C(C)(C)C)NC(=O)[C@@H]2C[C@@H](O[Si](C)(C)C(C)(C)C)CN2C(=O)[C@H](C(C)O[Si](C)(C)C(C)(C)C)NC(=O)[C@@H](NB2CO2)CNC(=O)[C@@H](CNC(=O)C(F)(F)F)NC(=O)[C@@H]2[C@@H](O[Si](C)(C)C(C)(C)C)[C@@H](C)CN2C1=O. The van der Waals surface area contributed by atoms with Crippen molar-refractivity contribution in [1.82, 2.24) is 46.9 Å². The van der Waals surface area contributed by atoms with Crippen molar-refractivity contribution in [3.8, 4) is 5.75 Å². The standard InChI is InChI=1S/C74H137BF3N9O15Si6/c1-45-42-87-58(59(45)102-108(32,33)73(19,20)21)64(92)81-51(40-80-67(95)74(76,77)78)60(88)79-41-52(85-75-44-96-75)61(89)82-55(46(2)97-103(22,23)68(4,5)6)65(93)86-43-50(100-106(28,29)71(13,14)15)39-53(86)62(90)84-57(63(91)83-56(66(87)94)47(3)98-104(24,25)69(7,8)9)54(101-107(30,31)72(16,17)18)38-48-34-36-49(37-35-48)99-105(26,27)70(10,11)12/h34-37,45-47,50-59,85H,38-44H2,1-33H3,(H,79,88)(H,80,95)(H,81,92)(H,82,89)(H,83,91)(H,84,90)/t45-,46?,47?,50+,51+,52-,53-,54+,55-,56-,57-,58-,59-/m0/s1. The summed E-state index contributed by atoms with van der Waals surface area (Å²) < 4.78 is 90.7. The Morgan fingerprint density at radius 3 is 1.44 bits per heavy atom. The van der Waals surface area contributed by atoms with Gasteiger partial charge in [0.15, 0.2) is 41.6 Å². The Morgan fingerprint density at radius 2 is 0.991 bits per heavy atom. The van der Waals surface area contributed by atoms with Gasteiger partial charge in [-0.15, -0.1) is 0 Å². The molecule has 0 spiro atoms. The van der Waals surface area contributed by atoms with Crippen LogP contribution in [-0.2, 0) is 71.6 Å². The summed E-state index contributed by atoms with van der Waals surface area (Å²) >= 11 is 0. The molecule has 4 saturated heterocycles. The van der Waals surface area contributed by atoms with Gasteiger partial charge < -0.3 is 78.1 Å². The van der Waals surface area contributed by atoms with Gasteiger partial charge in [0.05, 0.1) is 43.1 Å². The average molecular weight is 1630 g/mol. The summed E-state index contributed by atoms with van der Waals surface area (Å²) in [6.07, 6.45) is -11.0. The van der Waals surface area contributed by atoms with Gasteiger partial charge in [-0.05, 0) is 147 Å². The van der Waals surface area contributed by atoms with E-state index in [2.05, 4.69) is 99.5 Å². The molecule has 0 bridgehead atoms. The molecule has 1 aromatic carbocycles. The maximum atomic E-state index is 16.8. The fourth-order valence-electron chi connectivity index (χ4n) is 11.6. The van der Waals surface area contributed by atoms with Crippen molar-refractivity contribution in [1.29, 1.82) is 0 Å². The molecule has 7 N–H and O–H groups in total. The summed E-state index contributed by atoms with van der Waals surface area (Å²) in [5.41, 5.74) is 0.692. The van der Waals surface area contributed by atoms with Gasteiger partial charge in [0.1, 0.15) is 42.0 Å². The Kier molecular flexibility index (Phi) is 29.7. The van der Waals surface area contributed by atoms with Crippen LogP contribution in [0, 0.1) is 5.92 Å². The van der Waals surface area contributed by atoms with Crippen molar-refractivity contribution in [2.75, 3.05) is 32.7 Å². The van der Waals surface area contributed by atoms with Crippen molar-refractivity contribution in [3.63, 3.8) is 0 Å². The molecule has 4 fully saturated rings. The molecule has 34 heteroatoms. The zero-order valence-corrected chi connectivity index (χ0v) is 77.5. The third-order valence-electron chi connectivity index (χ3n) is 24.9. The van der Waals surface area contributed by atoms with Crippen molar-refractivity contribution >= 4 is 104 Å². The largest absolute Gasteiger partial charge is 0.544 e. The van der Waals surface area contributed by atoms with E-state index >= 15 is 28.8 Å². The molecule has 4 aliphatic rings. The lowest BCUT2D eigenvalue weighted by molar-refractivity contribution is -0.173. The van der Waals surface area contributed by atoms with Crippen molar-refractivity contribution in [2.24, 2.45) is 5.92 Å². The van der Waals surface area contributed by atoms with Crippen LogP contribution in [0.25, 0.3) is 0 Å². The number of carbonyl (C=O) groups excluding carboxylic acids is 8. The van der Waals surface area contributed by atoms with E-state index in [9.17, 15) is 22.8 Å². The Balaban J connectivity index is 1.96. The normalized spacial score (nSPS) is 25.7. The predicted octanol–water partition coefficient (Wildman–Crippen LogP) is 10.8. The first-order valence-corrected chi connectivity index (χ1v) is 55.9. The molecule has 8 amide bonds. The maximum absolute atomic E-state index is 16.8. The van der Waals surface area contributed by atoms with E-state index < -0.39 is 222 Å². The Labute approximate surface area is 650 Å². The molecule has 4 aliphatic heterocycles. The zero-order valence-electron chi connectivity index (χ0n) is 71.5. The third-order valence-corrected chi connectivity index (χ3v) is 51.9. The number of hydrogen-bond acceptors (Lipinski definition) is 16. The number of nitrogens with zero attached hydrogens (tertiary/aromatic N) is 2. The smallest absolute Gasteiger partial charge is 0.471 e. The number of carbonyl (C=O) groups is 8. The molecule has 616 valence electrons. The minimum Gasteiger partial charge on any atom is -0.544 e. The Hall–Kier alpha value is -4.34. The molecule has 13 atom stereocenters. The van der Waals surface area contributed by atoms with Crippen LogP contribution in [-0.4, -0.2) is 226 Å². The van der Waals surface area contributed by atoms with Gasteiger partial charge in [-0.1, -0.05) is 144 Å². The van der Waals surface area contributed by atoms with Gasteiger partial charge in [0.2, 0.25) is 49.7 Å². The van der Waals surface area contributed by atoms with Gasteiger partial charge >= 0.3 is 19.1 Å². The average Bonchev–Trinajstić information content (AvgIpc) is 1.61. The van der Waals surface area contributed by atoms with Gasteiger partial charge in [-0.25, -0.2) is 0 Å². The second kappa shape index (κ2) is 34.0. The summed E-state index contributed by atoms with van der Waals surface area (Å²) in [5.74, 6) is -8.84. The van der Waals surface area contributed by atoms with E-state index in [0.29, 0.717) is 11.3 Å². The first-order chi connectivity index (χ1) is 48.5. The second-order valence-corrected chi connectivity index (χ2v) is 68.3. The van der Waals surface area contributed by atoms with Crippen LogP contribution >= 0.6 is 0 Å². The Bertz CT molecular complexity index is 3370. The first kappa shape index (κ1) is 94.3. The van der Waals surface area contributed by atoms with Gasteiger partial charge in [-0.2, -0.15) is 13.2 Å². The monoisotopic (exact) mass is 1630 g/mol. The number of nitrogens with one attached hydrogen (secondary N) is 7. The number of halogens is 3. The highest BCUT2D eigenvalue weighted by Gasteiger charge is 2.57. The summed E-state index contributed by atoms with van der Waals surface area (Å²) in [4.78, 5) is 128. The van der Waals surface area contributed by atoms with E-state index in [-0.39, 0.29) is 42.5 Å². The lowest BCUT2D eigenvalue weighted by atomic mass is 9.94. The molecule has 0 saturated carbocycles. The van der Waals surface area contributed by atoms with Gasteiger partial charge in [0.25, 0.3) is 0 Å². The molecular weight excluding hydrogens is 1490 g/mol. The molecule has 0 radical (unpaired) electrons. The number of amides is 8. The van der Waals surface area contributed by atoms with Crippen molar-refractivity contribution in [3.05, 3.63) is 29.8 Å². The van der Waals surface area contributed by atoms with Crippen LogP contribution < -0.4 is 41.6 Å². The second-order valence-electron chi connectivity index (χ2n) is 39.8. The predicted molar refractivity (Wildman–Crippen MR) is 433 cm³/mol. The van der Waals surface area contributed by atoms with E-state index in [1.807, 2.05) is 160 Å². The summed E-state index contributed by atoms with van der Waals surface area (Å²) in [5, 5.41) is 16.8. The van der Waals surface area contributed by atoms with Crippen LogP contribution in [0.15, 0.2) is 24.3 Å².